The number of nitrogens with zero attached hydrogens (tertiary/aromatic N) is 2. The first kappa shape index (κ1) is 17.4. The fourth-order valence-electron chi connectivity index (χ4n) is 3.34. The number of hydrogen-bond donors (Lipinski definition) is 3. The van der Waals surface area contributed by atoms with Crippen LogP contribution in [0.2, 0.25) is 0 Å². The quantitative estimate of drug-likeness (QED) is 0.690. The molecule has 2 heterocycles. The molecule has 0 aliphatic carbocycles. The Kier molecular flexibility index (Phi) is 4.96. The molecule has 2 aliphatic heterocycles. The van der Waals surface area contributed by atoms with E-state index < -0.39 is 0 Å². The van der Waals surface area contributed by atoms with Crippen LogP contribution < -0.4 is 20.7 Å². The number of rotatable bonds is 6. The van der Waals surface area contributed by atoms with Crippen LogP contribution in [0.3, 0.4) is 0 Å². The summed E-state index contributed by atoms with van der Waals surface area (Å²) in [6.07, 6.45) is 0. The van der Waals surface area contributed by atoms with E-state index in [1.807, 2.05) is 6.07 Å². The number of anilines is 1. The molecule has 6 heteroatoms. The molecule has 0 spiro atoms. The van der Waals surface area contributed by atoms with Gasteiger partial charge in [0, 0.05) is 29.9 Å². The monoisotopic (exact) mass is 363 g/mol. The first-order valence-corrected chi connectivity index (χ1v) is 9.36. The Labute approximate surface area is 159 Å². The van der Waals surface area contributed by atoms with Crippen molar-refractivity contribution in [2.24, 2.45) is 9.98 Å². The maximum absolute atomic E-state index is 5.94. The summed E-state index contributed by atoms with van der Waals surface area (Å²) in [5.74, 6) is 2.83. The van der Waals surface area contributed by atoms with Gasteiger partial charge in [-0.2, -0.15) is 0 Å². The van der Waals surface area contributed by atoms with Crippen molar-refractivity contribution in [3.8, 4) is 5.75 Å². The summed E-state index contributed by atoms with van der Waals surface area (Å²) in [5, 5.41) is 9.96. The highest BCUT2D eigenvalue weighted by molar-refractivity contribution is 6.00. The minimum Gasteiger partial charge on any atom is -0.473 e. The van der Waals surface area contributed by atoms with E-state index in [2.05, 4.69) is 70.1 Å². The van der Waals surface area contributed by atoms with Gasteiger partial charge in [0.15, 0.2) is 6.73 Å². The van der Waals surface area contributed by atoms with Crippen LogP contribution in [-0.2, 0) is 0 Å². The van der Waals surface area contributed by atoms with Crippen molar-refractivity contribution in [2.75, 3.05) is 38.2 Å². The molecule has 0 unspecified atom stereocenters. The molecule has 3 N–H and O–H groups in total. The lowest BCUT2D eigenvalue weighted by Gasteiger charge is -2.14. The third kappa shape index (κ3) is 3.89. The van der Waals surface area contributed by atoms with Crippen LogP contribution in [-0.4, -0.2) is 44.6 Å². The predicted molar refractivity (Wildman–Crippen MR) is 110 cm³/mol. The SMILES string of the molecule is Cc1cc(C2=NCCN2)ccc1NCOc1ccc(C2=NCCN2)cc1C. The molecule has 0 fully saturated rings. The molecule has 2 aromatic carbocycles. The van der Waals surface area contributed by atoms with E-state index in [9.17, 15) is 0 Å². The summed E-state index contributed by atoms with van der Waals surface area (Å²) >= 11 is 0. The molecule has 27 heavy (non-hydrogen) atoms. The van der Waals surface area contributed by atoms with Crippen molar-refractivity contribution in [2.45, 2.75) is 13.8 Å². The maximum Gasteiger partial charge on any atom is 0.159 e. The van der Waals surface area contributed by atoms with E-state index in [0.29, 0.717) is 6.73 Å². The zero-order valence-electron chi connectivity index (χ0n) is 15.8. The highest BCUT2D eigenvalue weighted by atomic mass is 16.5. The average molecular weight is 363 g/mol. The minimum atomic E-state index is 0.415. The van der Waals surface area contributed by atoms with Gasteiger partial charge in [-0.05, 0) is 61.4 Å². The standard InChI is InChI=1S/C21H25N5O/c1-14-11-16(20-22-7-8-23-20)3-5-18(14)26-13-27-19-6-4-17(12-15(19)2)21-24-9-10-25-21/h3-6,11-12,26H,7-10,13H2,1-2H3,(H,22,23)(H,24,25). The molecule has 0 amide bonds. The molecule has 0 aromatic heterocycles. The van der Waals surface area contributed by atoms with Gasteiger partial charge < -0.3 is 20.7 Å². The topological polar surface area (TPSA) is 70.0 Å². The van der Waals surface area contributed by atoms with Gasteiger partial charge in [-0.25, -0.2) is 0 Å². The summed E-state index contributed by atoms with van der Waals surface area (Å²) in [7, 11) is 0. The van der Waals surface area contributed by atoms with Crippen LogP contribution in [0.25, 0.3) is 0 Å². The van der Waals surface area contributed by atoms with E-state index >= 15 is 0 Å². The first-order chi connectivity index (χ1) is 13.2. The fraction of sp³-hybridized carbons (Fsp3) is 0.333. The number of amidine groups is 2. The van der Waals surface area contributed by atoms with Gasteiger partial charge in [-0.15, -0.1) is 0 Å². The van der Waals surface area contributed by atoms with Gasteiger partial charge in [0.2, 0.25) is 0 Å². The Bertz CT molecular complexity index is 830. The lowest BCUT2D eigenvalue weighted by atomic mass is 10.1. The largest absolute Gasteiger partial charge is 0.473 e. The van der Waals surface area contributed by atoms with E-state index in [4.69, 9.17) is 4.74 Å². The van der Waals surface area contributed by atoms with Gasteiger partial charge in [0.1, 0.15) is 17.4 Å². The molecule has 0 saturated carbocycles. The second-order valence-corrected chi connectivity index (χ2v) is 6.79. The molecule has 0 atom stereocenters. The Morgan fingerprint density at radius 1 is 0.889 bits per heavy atom. The van der Waals surface area contributed by atoms with Crippen molar-refractivity contribution >= 4 is 17.4 Å². The minimum absolute atomic E-state index is 0.415. The lowest BCUT2D eigenvalue weighted by Crippen LogP contribution is -2.20. The number of nitrogens with one attached hydrogen (secondary N) is 3. The molecule has 4 rings (SSSR count). The second kappa shape index (κ2) is 7.70. The summed E-state index contributed by atoms with van der Waals surface area (Å²) in [6.45, 7) is 8.10. The highest BCUT2D eigenvalue weighted by Gasteiger charge is 2.11. The number of hydrogen-bond acceptors (Lipinski definition) is 6. The van der Waals surface area contributed by atoms with Crippen LogP contribution in [0, 0.1) is 13.8 Å². The molecule has 2 aliphatic rings. The Morgan fingerprint density at radius 2 is 1.52 bits per heavy atom. The maximum atomic E-state index is 5.94. The van der Waals surface area contributed by atoms with Crippen molar-refractivity contribution in [1.82, 2.24) is 10.6 Å². The van der Waals surface area contributed by atoms with Gasteiger partial charge in [0.25, 0.3) is 0 Å². The summed E-state index contributed by atoms with van der Waals surface area (Å²) < 4.78 is 5.94. The lowest BCUT2D eigenvalue weighted by molar-refractivity contribution is 0.344. The first-order valence-electron chi connectivity index (χ1n) is 9.36. The van der Waals surface area contributed by atoms with Crippen molar-refractivity contribution in [1.29, 1.82) is 0 Å². The van der Waals surface area contributed by atoms with Crippen LogP contribution in [0.5, 0.6) is 5.75 Å². The third-order valence-electron chi connectivity index (χ3n) is 4.79. The molecule has 0 radical (unpaired) electrons. The molecule has 140 valence electrons. The van der Waals surface area contributed by atoms with Crippen LogP contribution >= 0.6 is 0 Å². The zero-order valence-corrected chi connectivity index (χ0v) is 15.8. The number of aryl methyl sites for hydroxylation is 2. The third-order valence-corrected chi connectivity index (χ3v) is 4.79. The van der Waals surface area contributed by atoms with Crippen molar-refractivity contribution < 1.29 is 4.74 Å². The predicted octanol–water partition coefficient (Wildman–Crippen LogP) is 2.45. The van der Waals surface area contributed by atoms with Crippen LogP contribution in [0.4, 0.5) is 5.69 Å². The van der Waals surface area contributed by atoms with E-state index in [0.717, 1.165) is 66.0 Å². The highest BCUT2D eigenvalue weighted by Crippen LogP contribution is 2.21. The average Bonchev–Trinajstić information content (AvgIpc) is 3.38. The van der Waals surface area contributed by atoms with E-state index in [1.54, 1.807) is 0 Å². The smallest absolute Gasteiger partial charge is 0.159 e. The molecule has 6 nitrogen and oxygen atoms in total. The van der Waals surface area contributed by atoms with Gasteiger partial charge in [-0.3, -0.25) is 9.98 Å². The summed E-state index contributed by atoms with van der Waals surface area (Å²) in [6, 6.07) is 12.5. The number of benzene rings is 2. The Balaban J connectivity index is 1.37. The van der Waals surface area contributed by atoms with Gasteiger partial charge >= 0.3 is 0 Å². The summed E-state index contributed by atoms with van der Waals surface area (Å²) in [5.41, 5.74) is 5.58. The molecular formula is C21H25N5O. The molecule has 2 aromatic rings. The Hall–Kier alpha value is -3.02. The van der Waals surface area contributed by atoms with Crippen LogP contribution in [0.15, 0.2) is 46.4 Å². The normalized spacial score (nSPS) is 15.6. The van der Waals surface area contributed by atoms with Gasteiger partial charge in [0.05, 0.1) is 13.1 Å². The molecular weight excluding hydrogens is 338 g/mol. The Morgan fingerprint density at radius 3 is 2.07 bits per heavy atom. The van der Waals surface area contributed by atoms with Gasteiger partial charge in [-0.1, -0.05) is 0 Å². The van der Waals surface area contributed by atoms with Crippen LogP contribution in [0.1, 0.15) is 22.3 Å². The van der Waals surface area contributed by atoms with Crippen molar-refractivity contribution in [3.63, 3.8) is 0 Å². The summed E-state index contributed by atoms with van der Waals surface area (Å²) in [4.78, 5) is 8.93. The fourth-order valence-corrected chi connectivity index (χ4v) is 3.34. The molecule has 0 bridgehead atoms. The zero-order chi connectivity index (χ0) is 18.6. The van der Waals surface area contributed by atoms with E-state index in [-0.39, 0.29) is 0 Å². The number of aliphatic imine (C=N–C) groups is 2. The van der Waals surface area contributed by atoms with Crippen molar-refractivity contribution in [3.05, 3.63) is 58.7 Å². The van der Waals surface area contributed by atoms with E-state index in [1.165, 1.54) is 5.56 Å². The second-order valence-electron chi connectivity index (χ2n) is 6.79. The number of ether oxygens (including phenoxy) is 1. The molecule has 0 saturated heterocycles.